The van der Waals surface area contributed by atoms with Crippen molar-refractivity contribution in [1.29, 1.82) is 0 Å². The molecule has 1 N–H and O–H groups in total. The maximum atomic E-state index is 12.4. The molecule has 6 nitrogen and oxygen atoms in total. The standard InChI is InChI=1S/C17H26N4O2S/c1-4-21(5-2)24(22,23)20(3)13-9-12-16-14-17(19-18-16)15-10-7-6-8-11-15/h6-8,10-11,14H,4-5,9,12-13H2,1-3H3,(H,18,19). The molecule has 0 atom stereocenters. The lowest BCUT2D eigenvalue weighted by molar-refractivity contribution is 0.374. The van der Waals surface area contributed by atoms with Gasteiger partial charge in [0, 0.05) is 37.9 Å². The Morgan fingerprint density at radius 1 is 1.12 bits per heavy atom. The average molecular weight is 350 g/mol. The maximum absolute atomic E-state index is 12.4. The second-order valence-electron chi connectivity index (χ2n) is 5.66. The highest BCUT2D eigenvalue weighted by atomic mass is 32.2. The Kier molecular flexibility index (Phi) is 6.53. The fourth-order valence-electron chi connectivity index (χ4n) is 2.60. The van der Waals surface area contributed by atoms with Crippen LogP contribution in [0.4, 0.5) is 0 Å². The molecule has 0 amide bonds. The van der Waals surface area contributed by atoms with Gasteiger partial charge in [0.05, 0.1) is 5.69 Å². The van der Waals surface area contributed by atoms with Gasteiger partial charge in [-0.1, -0.05) is 44.2 Å². The summed E-state index contributed by atoms with van der Waals surface area (Å²) in [7, 11) is -1.72. The summed E-state index contributed by atoms with van der Waals surface area (Å²) >= 11 is 0. The number of H-pyrrole nitrogens is 1. The Balaban J connectivity index is 1.90. The second-order valence-corrected chi connectivity index (χ2v) is 7.70. The molecule has 0 bridgehead atoms. The number of aryl methyl sites for hydroxylation is 1. The number of rotatable bonds is 9. The first-order valence-electron chi connectivity index (χ1n) is 8.30. The van der Waals surface area contributed by atoms with Gasteiger partial charge in [-0.15, -0.1) is 0 Å². The Bertz CT molecular complexity index is 724. The smallest absolute Gasteiger partial charge is 0.281 e. The van der Waals surface area contributed by atoms with E-state index >= 15 is 0 Å². The Morgan fingerprint density at radius 3 is 2.42 bits per heavy atom. The number of aromatic nitrogens is 2. The van der Waals surface area contributed by atoms with E-state index in [0.717, 1.165) is 29.8 Å². The van der Waals surface area contributed by atoms with Crippen molar-refractivity contribution in [3.63, 3.8) is 0 Å². The molecule has 1 aromatic carbocycles. The third kappa shape index (κ3) is 4.43. The monoisotopic (exact) mass is 350 g/mol. The van der Waals surface area contributed by atoms with Gasteiger partial charge >= 0.3 is 0 Å². The minimum absolute atomic E-state index is 0.485. The van der Waals surface area contributed by atoms with Crippen molar-refractivity contribution in [3.05, 3.63) is 42.1 Å². The van der Waals surface area contributed by atoms with Crippen molar-refractivity contribution in [2.24, 2.45) is 0 Å². The zero-order valence-corrected chi connectivity index (χ0v) is 15.4. The molecular weight excluding hydrogens is 324 g/mol. The first kappa shape index (κ1) is 18.6. The number of hydrogen-bond donors (Lipinski definition) is 1. The SMILES string of the molecule is CCN(CC)S(=O)(=O)N(C)CCCc1cc(-c2ccccc2)n[nH]1. The Hall–Kier alpha value is -1.70. The molecule has 1 heterocycles. The summed E-state index contributed by atoms with van der Waals surface area (Å²) in [5.74, 6) is 0. The van der Waals surface area contributed by atoms with Gasteiger partial charge in [0.15, 0.2) is 0 Å². The molecule has 0 saturated carbocycles. The predicted octanol–water partition coefficient (Wildman–Crippen LogP) is 2.53. The summed E-state index contributed by atoms with van der Waals surface area (Å²) in [6, 6.07) is 12.0. The molecule has 24 heavy (non-hydrogen) atoms. The van der Waals surface area contributed by atoms with Gasteiger partial charge in [-0.25, -0.2) is 0 Å². The molecule has 7 heteroatoms. The van der Waals surface area contributed by atoms with Crippen molar-refractivity contribution < 1.29 is 8.42 Å². The number of benzene rings is 1. The molecule has 2 rings (SSSR count). The largest absolute Gasteiger partial charge is 0.282 e. The van der Waals surface area contributed by atoms with Crippen molar-refractivity contribution in [2.75, 3.05) is 26.7 Å². The minimum atomic E-state index is -3.35. The average Bonchev–Trinajstić information content (AvgIpc) is 3.05. The van der Waals surface area contributed by atoms with Gasteiger partial charge < -0.3 is 0 Å². The molecule has 0 aliphatic rings. The first-order chi connectivity index (χ1) is 11.5. The van der Waals surface area contributed by atoms with Crippen LogP contribution in [0.25, 0.3) is 11.3 Å². The third-order valence-corrected chi connectivity index (χ3v) is 6.18. The molecule has 0 fully saturated rings. The quantitative estimate of drug-likeness (QED) is 0.755. The Morgan fingerprint density at radius 2 is 1.79 bits per heavy atom. The van der Waals surface area contributed by atoms with E-state index in [1.54, 1.807) is 7.05 Å². The summed E-state index contributed by atoms with van der Waals surface area (Å²) in [6.07, 6.45) is 1.51. The van der Waals surface area contributed by atoms with E-state index in [-0.39, 0.29) is 0 Å². The molecule has 0 aliphatic heterocycles. The highest BCUT2D eigenvalue weighted by molar-refractivity contribution is 7.86. The van der Waals surface area contributed by atoms with E-state index in [2.05, 4.69) is 10.2 Å². The van der Waals surface area contributed by atoms with Crippen molar-refractivity contribution in [2.45, 2.75) is 26.7 Å². The summed E-state index contributed by atoms with van der Waals surface area (Å²) in [5.41, 5.74) is 3.00. The lowest BCUT2D eigenvalue weighted by Gasteiger charge is -2.25. The molecular formula is C17H26N4O2S. The zero-order valence-electron chi connectivity index (χ0n) is 14.6. The minimum Gasteiger partial charge on any atom is -0.282 e. The predicted molar refractivity (Wildman–Crippen MR) is 96.8 cm³/mol. The van der Waals surface area contributed by atoms with E-state index in [1.807, 2.05) is 50.2 Å². The van der Waals surface area contributed by atoms with Gasteiger partial charge in [-0.2, -0.15) is 22.1 Å². The molecule has 0 aliphatic carbocycles. The highest BCUT2D eigenvalue weighted by Crippen LogP contribution is 2.17. The second kappa shape index (κ2) is 8.41. The summed E-state index contributed by atoms with van der Waals surface area (Å²) in [4.78, 5) is 0. The van der Waals surface area contributed by atoms with Crippen LogP contribution in [0.15, 0.2) is 36.4 Å². The van der Waals surface area contributed by atoms with Crippen LogP contribution in [0.5, 0.6) is 0 Å². The van der Waals surface area contributed by atoms with Gasteiger partial charge in [0.1, 0.15) is 0 Å². The summed E-state index contributed by atoms with van der Waals surface area (Å²) in [6.45, 7) is 5.17. The van der Waals surface area contributed by atoms with Gasteiger partial charge in [0.2, 0.25) is 0 Å². The van der Waals surface area contributed by atoms with E-state index in [0.29, 0.717) is 19.6 Å². The molecule has 0 saturated heterocycles. The number of nitrogens with one attached hydrogen (secondary N) is 1. The molecule has 0 spiro atoms. The lowest BCUT2D eigenvalue weighted by atomic mass is 10.1. The van der Waals surface area contributed by atoms with Crippen LogP contribution < -0.4 is 0 Å². The molecule has 132 valence electrons. The van der Waals surface area contributed by atoms with Crippen molar-refractivity contribution in [3.8, 4) is 11.3 Å². The topological polar surface area (TPSA) is 69.3 Å². The first-order valence-corrected chi connectivity index (χ1v) is 9.69. The number of aromatic amines is 1. The molecule has 2 aromatic rings. The fraction of sp³-hybridized carbons (Fsp3) is 0.471. The zero-order chi connectivity index (χ0) is 17.6. The maximum Gasteiger partial charge on any atom is 0.281 e. The van der Waals surface area contributed by atoms with Gasteiger partial charge in [-0.3, -0.25) is 5.10 Å². The van der Waals surface area contributed by atoms with Crippen LogP contribution in [0, 0.1) is 0 Å². The van der Waals surface area contributed by atoms with Crippen LogP contribution in [0.1, 0.15) is 26.0 Å². The van der Waals surface area contributed by atoms with Crippen molar-refractivity contribution in [1.82, 2.24) is 18.8 Å². The van der Waals surface area contributed by atoms with E-state index in [1.165, 1.54) is 8.61 Å². The summed E-state index contributed by atoms with van der Waals surface area (Å²) in [5, 5.41) is 7.36. The van der Waals surface area contributed by atoms with Gasteiger partial charge in [-0.05, 0) is 18.9 Å². The third-order valence-electron chi connectivity index (χ3n) is 4.05. The van der Waals surface area contributed by atoms with E-state index in [4.69, 9.17) is 0 Å². The van der Waals surface area contributed by atoms with Crippen LogP contribution >= 0.6 is 0 Å². The highest BCUT2D eigenvalue weighted by Gasteiger charge is 2.23. The Labute approximate surface area is 144 Å². The van der Waals surface area contributed by atoms with Crippen LogP contribution in [-0.2, 0) is 16.6 Å². The number of hydrogen-bond acceptors (Lipinski definition) is 3. The summed E-state index contributed by atoms with van der Waals surface area (Å²) < 4.78 is 27.6. The normalized spacial score (nSPS) is 12.2. The van der Waals surface area contributed by atoms with Crippen LogP contribution in [0.3, 0.4) is 0 Å². The fourth-order valence-corrected chi connectivity index (χ4v) is 4.01. The van der Waals surface area contributed by atoms with Gasteiger partial charge in [0.25, 0.3) is 10.2 Å². The van der Waals surface area contributed by atoms with Crippen LogP contribution in [0.2, 0.25) is 0 Å². The van der Waals surface area contributed by atoms with E-state index in [9.17, 15) is 8.42 Å². The number of nitrogens with zero attached hydrogens (tertiary/aromatic N) is 3. The molecule has 0 radical (unpaired) electrons. The van der Waals surface area contributed by atoms with Crippen molar-refractivity contribution >= 4 is 10.2 Å². The molecule has 0 unspecified atom stereocenters. The van der Waals surface area contributed by atoms with E-state index < -0.39 is 10.2 Å². The molecule has 1 aromatic heterocycles. The lowest BCUT2D eigenvalue weighted by Crippen LogP contribution is -2.42. The van der Waals surface area contributed by atoms with Crippen LogP contribution in [-0.4, -0.2) is 53.9 Å².